The van der Waals surface area contributed by atoms with Gasteiger partial charge in [0.1, 0.15) is 5.82 Å². The number of piperazine rings is 1. The van der Waals surface area contributed by atoms with Crippen LogP contribution in [0.1, 0.15) is 21.6 Å². The molecule has 0 bridgehead atoms. The molecule has 0 aliphatic carbocycles. The van der Waals surface area contributed by atoms with Crippen LogP contribution in [-0.2, 0) is 6.54 Å². The van der Waals surface area contributed by atoms with E-state index in [4.69, 9.17) is 4.98 Å². The second-order valence-corrected chi connectivity index (χ2v) is 10.0. The lowest BCUT2D eigenvalue weighted by molar-refractivity contribution is 0.0627. The Labute approximate surface area is 207 Å². The predicted molar refractivity (Wildman–Crippen MR) is 138 cm³/mol. The fraction of sp³-hybridized carbons (Fsp3) is 0.214. The number of aromatic nitrogens is 2. The van der Waals surface area contributed by atoms with Gasteiger partial charge in [0.15, 0.2) is 4.96 Å². The van der Waals surface area contributed by atoms with Crippen molar-refractivity contribution in [3.8, 4) is 11.3 Å². The highest BCUT2D eigenvalue weighted by Gasteiger charge is 2.25. The summed E-state index contributed by atoms with van der Waals surface area (Å²) in [5, 5.41) is 0. The summed E-state index contributed by atoms with van der Waals surface area (Å²) in [4.78, 5) is 23.2. The summed E-state index contributed by atoms with van der Waals surface area (Å²) in [6.07, 6.45) is 0. The number of imidazole rings is 1. The molecule has 176 valence electrons. The van der Waals surface area contributed by atoms with E-state index in [0.717, 1.165) is 35.9 Å². The molecular weight excluding hydrogens is 459 g/mol. The number of amides is 1. The monoisotopic (exact) mass is 484 g/mol. The number of nitrogens with zero attached hydrogens (tertiary/aromatic N) is 4. The molecule has 2 aromatic heterocycles. The molecule has 0 spiro atoms. The fourth-order valence-corrected chi connectivity index (χ4v) is 5.95. The Morgan fingerprint density at radius 3 is 2.46 bits per heavy atom. The highest BCUT2D eigenvalue weighted by atomic mass is 32.1. The average Bonchev–Trinajstić information content (AvgIpc) is 3.41. The van der Waals surface area contributed by atoms with Gasteiger partial charge in [-0.3, -0.25) is 14.1 Å². The predicted octanol–water partition coefficient (Wildman–Crippen LogP) is 5.62. The first kappa shape index (κ1) is 21.9. The van der Waals surface area contributed by atoms with Gasteiger partial charge in [-0.1, -0.05) is 47.7 Å². The topological polar surface area (TPSA) is 40.9 Å². The van der Waals surface area contributed by atoms with Crippen LogP contribution in [0.15, 0.2) is 72.8 Å². The maximum absolute atomic E-state index is 13.2. The van der Waals surface area contributed by atoms with Crippen molar-refractivity contribution < 1.29 is 9.18 Å². The Hall–Kier alpha value is -3.55. The number of carbonyl (C=O) groups excluding carboxylic acids is 1. The average molecular weight is 485 g/mol. The van der Waals surface area contributed by atoms with E-state index in [1.807, 2.05) is 23.1 Å². The van der Waals surface area contributed by atoms with Gasteiger partial charge in [-0.2, -0.15) is 0 Å². The first-order valence-electron chi connectivity index (χ1n) is 11.8. The van der Waals surface area contributed by atoms with Gasteiger partial charge in [0.05, 0.1) is 21.6 Å². The number of carbonyl (C=O) groups is 1. The van der Waals surface area contributed by atoms with Gasteiger partial charge >= 0.3 is 0 Å². The highest BCUT2D eigenvalue weighted by Crippen LogP contribution is 2.34. The minimum atomic E-state index is -0.330. The minimum absolute atomic E-state index is 0.0411. The smallest absolute Gasteiger partial charge is 0.253 e. The van der Waals surface area contributed by atoms with Crippen molar-refractivity contribution in [2.75, 3.05) is 26.2 Å². The normalized spacial score (nSPS) is 14.7. The van der Waals surface area contributed by atoms with E-state index in [1.54, 1.807) is 23.5 Å². The van der Waals surface area contributed by atoms with Crippen molar-refractivity contribution in [2.24, 2.45) is 0 Å². The number of hydrogen-bond donors (Lipinski definition) is 0. The lowest BCUT2D eigenvalue weighted by Crippen LogP contribution is -2.48. The minimum Gasteiger partial charge on any atom is -0.336 e. The van der Waals surface area contributed by atoms with E-state index in [1.165, 1.54) is 33.6 Å². The maximum atomic E-state index is 13.2. The van der Waals surface area contributed by atoms with Crippen molar-refractivity contribution in [1.82, 2.24) is 19.2 Å². The lowest BCUT2D eigenvalue weighted by atomic mass is 10.1. The van der Waals surface area contributed by atoms with Crippen molar-refractivity contribution in [2.45, 2.75) is 13.5 Å². The standard InChI is InChI=1S/C28H25FN4OS/c1-19-7-12-23-25(17-19)35-28-30-26(20-5-3-2-4-6-20)24(33(23)28)18-31-13-15-32(16-14-31)27(34)21-8-10-22(29)11-9-21/h2-12,17H,13-16,18H2,1H3. The molecule has 3 heterocycles. The van der Waals surface area contributed by atoms with Crippen LogP contribution in [-0.4, -0.2) is 51.3 Å². The molecule has 1 amide bonds. The molecule has 5 aromatic rings. The largest absolute Gasteiger partial charge is 0.336 e. The molecule has 0 atom stereocenters. The molecule has 0 N–H and O–H groups in total. The zero-order valence-corrected chi connectivity index (χ0v) is 20.3. The molecule has 1 fully saturated rings. The molecule has 1 aliphatic rings. The molecule has 0 radical (unpaired) electrons. The first-order valence-corrected chi connectivity index (χ1v) is 12.6. The van der Waals surface area contributed by atoms with Crippen molar-refractivity contribution in [3.05, 3.63) is 95.4 Å². The maximum Gasteiger partial charge on any atom is 0.253 e. The summed E-state index contributed by atoms with van der Waals surface area (Å²) in [7, 11) is 0. The molecule has 3 aromatic carbocycles. The molecule has 1 saturated heterocycles. The summed E-state index contributed by atoms with van der Waals surface area (Å²) < 4.78 is 16.8. The second-order valence-electron chi connectivity index (χ2n) is 9.04. The molecule has 5 nitrogen and oxygen atoms in total. The van der Waals surface area contributed by atoms with E-state index in [9.17, 15) is 9.18 Å². The zero-order valence-electron chi connectivity index (χ0n) is 19.4. The van der Waals surface area contributed by atoms with E-state index in [2.05, 4.69) is 46.6 Å². The number of benzene rings is 3. The van der Waals surface area contributed by atoms with Gasteiger partial charge in [-0.15, -0.1) is 0 Å². The van der Waals surface area contributed by atoms with Crippen molar-refractivity contribution in [1.29, 1.82) is 0 Å². The van der Waals surface area contributed by atoms with Crippen LogP contribution in [0, 0.1) is 12.7 Å². The Bertz CT molecular complexity index is 1520. The van der Waals surface area contributed by atoms with Crippen LogP contribution in [0.4, 0.5) is 4.39 Å². The van der Waals surface area contributed by atoms with Crippen LogP contribution in [0.3, 0.4) is 0 Å². The van der Waals surface area contributed by atoms with Gasteiger partial charge in [0.25, 0.3) is 5.91 Å². The Kier molecular flexibility index (Phi) is 5.59. The quantitative estimate of drug-likeness (QED) is 0.332. The van der Waals surface area contributed by atoms with Gasteiger partial charge in [0.2, 0.25) is 0 Å². The zero-order chi connectivity index (χ0) is 23.9. The molecule has 0 saturated carbocycles. The summed E-state index contributed by atoms with van der Waals surface area (Å²) >= 11 is 1.72. The number of thiazole rings is 1. The third-order valence-corrected chi connectivity index (χ3v) is 7.67. The number of fused-ring (bicyclic) bond motifs is 3. The Morgan fingerprint density at radius 1 is 0.971 bits per heavy atom. The molecule has 0 unspecified atom stereocenters. The van der Waals surface area contributed by atoms with Crippen LogP contribution in [0.25, 0.3) is 26.4 Å². The summed E-state index contributed by atoms with van der Waals surface area (Å²) in [6.45, 7) is 5.70. The van der Waals surface area contributed by atoms with Gasteiger partial charge in [-0.25, -0.2) is 9.37 Å². The number of hydrogen-bond acceptors (Lipinski definition) is 4. The van der Waals surface area contributed by atoms with Crippen LogP contribution in [0.5, 0.6) is 0 Å². The third kappa shape index (κ3) is 4.11. The van der Waals surface area contributed by atoms with Gasteiger partial charge < -0.3 is 4.90 Å². The number of halogens is 1. The lowest BCUT2D eigenvalue weighted by Gasteiger charge is -2.34. The SMILES string of the molecule is Cc1ccc2c(c1)sc1nc(-c3ccccc3)c(CN3CCN(C(=O)c4ccc(F)cc4)CC3)n12. The van der Waals surface area contributed by atoms with Crippen LogP contribution in [0.2, 0.25) is 0 Å². The van der Waals surface area contributed by atoms with Crippen molar-refractivity contribution >= 4 is 32.4 Å². The van der Waals surface area contributed by atoms with E-state index < -0.39 is 0 Å². The molecule has 7 heteroatoms. The van der Waals surface area contributed by atoms with Crippen LogP contribution < -0.4 is 0 Å². The fourth-order valence-electron chi connectivity index (χ4n) is 4.80. The number of aryl methyl sites for hydroxylation is 1. The highest BCUT2D eigenvalue weighted by molar-refractivity contribution is 7.23. The Morgan fingerprint density at radius 2 is 1.71 bits per heavy atom. The molecular formula is C28H25FN4OS. The first-order chi connectivity index (χ1) is 17.1. The van der Waals surface area contributed by atoms with E-state index >= 15 is 0 Å². The van der Waals surface area contributed by atoms with Gasteiger partial charge in [-0.05, 0) is 48.9 Å². The van der Waals surface area contributed by atoms with Crippen LogP contribution >= 0.6 is 11.3 Å². The van der Waals surface area contributed by atoms with E-state index in [0.29, 0.717) is 18.7 Å². The molecule has 6 rings (SSSR count). The number of rotatable bonds is 4. The van der Waals surface area contributed by atoms with Gasteiger partial charge in [0, 0.05) is 43.9 Å². The van der Waals surface area contributed by atoms with E-state index in [-0.39, 0.29) is 11.7 Å². The summed E-state index contributed by atoms with van der Waals surface area (Å²) in [6, 6.07) is 22.7. The third-order valence-electron chi connectivity index (χ3n) is 6.67. The van der Waals surface area contributed by atoms with Crippen molar-refractivity contribution in [3.63, 3.8) is 0 Å². The Balaban J connectivity index is 1.29. The second kappa shape index (κ2) is 8.91. The molecule has 35 heavy (non-hydrogen) atoms. The summed E-state index contributed by atoms with van der Waals surface area (Å²) in [5.74, 6) is -0.371. The summed E-state index contributed by atoms with van der Waals surface area (Å²) in [5.41, 5.74) is 6.27. The molecule has 1 aliphatic heterocycles.